The van der Waals surface area contributed by atoms with Crippen molar-refractivity contribution in [2.24, 2.45) is 0 Å². The molecule has 0 unspecified atom stereocenters. The summed E-state index contributed by atoms with van der Waals surface area (Å²) in [5.74, 6) is -2.11. The predicted molar refractivity (Wildman–Crippen MR) is 53.7 cm³/mol. The fraction of sp³-hybridized carbons (Fsp3) is 0.111. The first-order valence-electron chi connectivity index (χ1n) is 3.72. The van der Waals surface area contributed by atoms with Gasteiger partial charge in [0, 0.05) is 5.56 Å². The van der Waals surface area contributed by atoms with Gasteiger partial charge in [-0.1, -0.05) is 6.07 Å². The molecular weight excluding hydrogens is 205 g/mol. The molecule has 5 heteroatoms. The molecule has 0 aliphatic carbocycles. The van der Waals surface area contributed by atoms with Gasteiger partial charge in [0.05, 0.1) is 10.6 Å². The van der Waals surface area contributed by atoms with Crippen molar-refractivity contribution < 1.29 is 14.3 Å². The second kappa shape index (κ2) is 4.23. The molecule has 1 aromatic rings. The Bertz CT molecular complexity index is 392. The zero-order chi connectivity index (χ0) is 10.7. The number of aromatic carboxylic acids is 1. The summed E-state index contributed by atoms with van der Waals surface area (Å²) in [5, 5.41) is 16.2. The Morgan fingerprint density at radius 3 is 2.64 bits per heavy atom. The molecule has 3 nitrogen and oxygen atoms in total. The Balaban J connectivity index is 3.12. The van der Waals surface area contributed by atoms with Crippen LogP contribution in [0.3, 0.4) is 0 Å². The van der Waals surface area contributed by atoms with Crippen molar-refractivity contribution >= 4 is 22.8 Å². The molecule has 0 aliphatic rings. The van der Waals surface area contributed by atoms with Gasteiger partial charge in [-0.25, -0.2) is 9.18 Å². The number of rotatable bonds is 2. The van der Waals surface area contributed by atoms with Crippen LogP contribution in [-0.2, 0) is 0 Å². The molecule has 0 aliphatic heterocycles. The molecule has 0 aromatic heterocycles. The number of halogens is 1. The highest BCUT2D eigenvalue weighted by Crippen LogP contribution is 2.14. The van der Waals surface area contributed by atoms with Crippen LogP contribution in [0.5, 0.6) is 0 Å². The van der Waals surface area contributed by atoms with Crippen molar-refractivity contribution in [1.82, 2.24) is 0 Å². The van der Waals surface area contributed by atoms with Crippen LogP contribution in [0.2, 0.25) is 0 Å². The minimum Gasteiger partial charge on any atom is -0.478 e. The molecule has 14 heavy (non-hydrogen) atoms. The maximum atomic E-state index is 13.1. The monoisotopic (exact) mass is 213 g/mol. The summed E-state index contributed by atoms with van der Waals surface area (Å²) in [6.45, 7) is 0. The largest absolute Gasteiger partial charge is 0.478 e. The minimum absolute atomic E-state index is 0.209. The van der Waals surface area contributed by atoms with Gasteiger partial charge in [0.15, 0.2) is 0 Å². The van der Waals surface area contributed by atoms with E-state index in [1.807, 2.05) is 0 Å². The van der Waals surface area contributed by atoms with E-state index in [2.05, 4.69) is 0 Å². The third-order valence-electron chi connectivity index (χ3n) is 1.67. The van der Waals surface area contributed by atoms with Crippen molar-refractivity contribution in [3.05, 3.63) is 35.1 Å². The smallest absolute Gasteiger partial charge is 0.338 e. The second-order valence-electron chi connectivity index (χ2n) is 2.53. The van der Waals surface area contributed by atoms with Crippen LogP contribution in [0.15, 0.2) is 18.2 Å². The number of nitrogens with one attached hydrogen (secondary N) is 1. The van der Waals surface area contributed by atoms with Crippen molar-refractivity contribution in [1.29, 1.82) is 5.41 Å². The fourth-order valence-corrected chi connectivity index (χ4v) is 1.31. The molecule has 0 heterocycles. The first-order valence-corrected chi connectivity index (χ1v) is 4.94. The van der Waals surface area contributed by atoms with Gasteiger partial charge < -0.3 is 5.11 Å². The summed E-state index contributed by atoms with van der Waals surface area (Å²) in [7, 11) is 0. The number of carboxylic acids is 1. The minimum atomic E-state index is -1.30. The third kappa shape index (κ3) is 2.11. The van der Waals surface area contributed by atoms with Crippen LogP contribution < -0.4 is 0 Å². The molecule has 0 fully saturated rings. The Labute approximate surface area is 84.5 Å². The van der Waals surface area contributed by atoms with Crippen molar-refractivity contribution in [3.8, 4) is 0 Å². The third-order valence-corrected chi connectivity index (χ3v) is 2.31. The highest BCUT2D eigenvalue weighted by atomic mass is 32.2. The van der Waals surface area contributed by atoms with Gasteiger partial charge in [0.1, 0.15) is 5.82 Å². The molecule has 0 bridgehead atoms. The lowest BCUT2D eigenvalue weighted by Gasteiger charge is -2.02. The van der Waals surface area contributed by atoms with E-state index in [0.29, 0.717) is 5.56 Å². The van der Waals surface area contributed by atoms with Gasteiger partial charge in [-0.15, -0.1) is 11.8 Å². The molecule has 0 amide bonds. The molecule has 74 valence electrons. The summed E-state index contributed by atoms with van der Waals surface area (Å²) in [6, 6.07) is 3.64. The number of carbonyl (C=O) groups is 1. The molecule has 0 atom stereocenters. The summed E-state index contributed by atoms with van der Waals surface area (Å²) >= 11 is 1.17. The van der Waals surface area contributed by atoms with Gasteiger partial charge in [-0.2, -0.15) is 0 Å². The van der Waals surface area contributed by atoms with Crippen LogP contribution in [0.4, 0.5) is 4.39 Å². The quantitative estimate of drug-likeness (QED) is 0.585. The molecule has 0 saturated carbocycles. The molecule has 1 aromatic carbocycles. The van der Waals surface area contributed by atoms with E-state index < -0.39 is 11.8 Å². The Morgan fingerprint density at radius 1 is 1.57 bits per heavy atom. The van der Waals surface area contributed by atoms with Gasteiger partial charge >= 0.3 is 5.97 Å². The SMILES string of the molecule is CSC(=N)c1ccc(C(=O)O)c(F)c1. The van der Waals surface area contributed by atoms with Gasteiger partial charge in [0.2, 0.25) is 0 Å². The number of hydrogen-bond donors (Lipinski definition) is 2. The summed E-state index contributed by atoms with van der Waals surface area (Å²) < 4.78 is 13.1. The topological polar surface area (TPSA) is 61.2 Å². The fourth-order valence-electron chi connectivity index (χ4n) is 0.948. The van der Waals surface area contributed by atoms with Crippen molar-refractivity contribution in [3.63, 3.8) is 0 Å². The van der Waals surface area contributed by atoms with Crippen LogP contribution in [0, 0.1) is 11.2 Å². The van der Waals surface area contributed by atoms with Gasteiger partial charge in [0.25, 0.3) is 0 Å². The second-order valence-corrected chi connectivity index (χ2v) is 3.35. The van der Waals surface area contributed by atoms with E-state index in [9.17, 15) is 9.18 Å². The zero-order valence-electron chi connectivity index (χ0n) is 7.37. The summed E-state index contributed by atoms with van der Waals surface area (Å²) in [4.78, 5) is 10.5. The first kappa shape index (κ1) is 10.7. The Kier molecular flexibility index (Phi) is 3.24. The highest BCUT2D eigenvalue weighted by molar-refractivity contribution is 8.13. The maximum Gasteiger partial charge on any atom is 0.338 e. The summed E-state index contributed by atoms with van der Waals surface area (Å²) in [6.07, 6.45) is 1.70. The van der Waals surface area contributed by atoms with Crippen molar-refractivity contribution in [2.75, 3.05) is 6.26 Å². The van der Waals surface area contributed by atoms with Crippen molar-refractivity contribution in [2.45, 2.75) is 0 Å². The molecule has 0 saturated heterocycles. The molecule has 1 rings (SSSR count). The lowest BCUT2D eigenvalue weighted by molar-refractivity contribution is 0.0692. The van der Waals surface area contributed by atoms with Gasteiger partial charge in [-0.05, 0) is 18.4 Å². The van der Waals surface area contributed by atoms with E-state index in [4.69, 9.17) is 10.5 Å². The van der Waals surface area contributed by atoms with Crippen LogP contribution in [0.1, 0.15) is 15.9 Å². The number of hydrogen-bond acceptors (Lipinski definition) is 3. The molecular formula is C9H8FNO2S. The maximum absolute atomic E-state index is 13.1. The Hall–Kier alpha value is -1.36. The van der Waals surface area contributed by atoms with E-state index in [-0.39, 0.29) is 10.6 Å². The number of thioether (sulfide) groups is 1. The van der Waals surface area contributed by atoms with Gasteiger partial charge in [-0.3, -0.25) is 5.41 Å². The first-order chi connectivity index (χ1) is 6.56. The lowest BCUT2D eigenvalue weighted by Crippen LogP contribution is -2.02. The average Bonchev–Trinajstić information content (AvgIpc) is 2.15. The molecule has 0 radical (unpaired) electrons. The average molecular weight is 213 g/mol. The molecule has 2 N–H and O–H groups in total. The Morgan fingerprint density at radius 2 is 2.21 bits per heavy atom. The van der Waals surface area contributed by atoms with E-state index in [1.54, 1.807) is 6.26 Å². The van der Waals surface area contributed by atoms with Crippen LogP contribution >= 0.6 is 11.8 Å². The number of benzene rings is 1. The lowest BCUT2D eigenvalue weighted by atomic mass is 10.1. The highest BCUT2D eigenvalue weighted by Gasteiger charge is 2.11. The van der Waals surface area contributed by atoms with Crippen LogP contribution in [0.25, 0.3) is 0 Å². The number of carboxylic acid groups (broad SMARTS) is 1. The normalized spacial score (nSPS) is 9.86. The molecule has 0 spiro atoms. The zero-order valence-corrected chi connectivity index (χ0v) is 8.19. The predicted octanol–water partition coefficient (Wildman–Crippen LogP) is 2.21. The van der Waals surface area contributed by atoms with E-state index >= 15 is 0 Å². The summed E-state index contributed by atoms with van der Waals surface area (Å²) in [5.41, 5.74) is 0.0163. The van der Waals surface area contributed by atoms with E-state index in [0.717, 1.165) is 12.1 Å². The van der Waals surface area contributed by atoms with E-state index in [1.165, 1.54) is 17.8 Å². The standard InChI is InChI=1S/C9H8FNO2S/c1-14-8(11)5-2-3-6(9(12)13)7(10)4-5/h2-4,11H,1H3,(H,12,13). The van der Waals surface area contributed by atoms with Crippen LogP contribution in [-0.4, -0.2) is 22.4 Å².